The number of hydrogen-bond donors (Lipinski definition) is 2. The number of thiocarbonyl (C=S) groups is 1. The van der Waals surface area contributed by atoms with Crippen molar-refractivity contribution < 1.29 is 8.42 Å². The van der Waals surface area contributed by atoms with Gasteiger partial charge in [-0.05, 0) is 6.42 Å². The summed E-state index contributed by atoms with van der Waals surface area (Å²) in [4.78, 5) is 3.61. The Kier molecular flexibility index (Phi) is 4.07. The topological polar surface area (TPSA) is 111 Å². The van der Waals surface area contributed by atoms with Crippen molar-refractivity contribution in [2.45, 2.75) is 18.6 Å². The lowest BCUT2D eigenvalue weighted by molar-refractivity contribution is 0.594. The fraction of sp³-hybridized carbons (Fsp3) is 0.429. The summed E-state index contributed by atoms with van der Waals surface area (Å²) >= 11 is 4.68. The van der Waals surface area contributed by atoms with Crippen LogP contribution in [0, 0.1) is 0 Å². The number of anilines is 1. The number of rotatable bonds is 5. The van der Waals surface area contributed by atoms with E-state index in [9.17, 15) is 8.42 Å². The van der Waals surface area contributed by atoms with Crippen LogP contribution >= 0.6 is 12.2 Å². The number of aromatic nitrogens is 3. The van der Waals surface area contributed by atoms with E-state index in [1.165, 1.54) is 12.4 Å². The van der Waals surface area contributed by atoms with Gasteiger partial charge in [-0.1, -0.05) is 19.1 Å². The van der Waals surface area contributed by atoms with E-state index in [1.54, 1.807) is 6.92 Å². The largest absolute Gasteiger partial charge is 0.392 e. The van der Waals surface area contributed by atoms with E-state index in [1.807, 2.05) is 0 Å². The van der Waals surface area contributed by atoms with Gasteiger partial charge >= 0.3 is 0 Å². The van der Waals surface area contributed by atoms with Gasteiger partial charge in [-0.15, -0.1) is 5.10 Å². The SMILES string of the molecule is CCC(C(N)=S)S(=O)(=O)Nc1nccnn1. The molecule has 0 amide bonds. The summed E-state index contributed by atoms with van der Waals surface area (Å²) in [5, 5.41) is 6.06. The summed E-state index contributed by atoms with van der Waals surface area (Å²) < 4.78 is 25.7. The van der Waals surface area contributed by atoms with E-state index in [0.717, 1.165) is 0 Å². The Morgan fingerprint density at radius 1 is 1.62 bits per heavy atom. The second kappa shape index (κ2) is 5.12. The zero-order valence-corrected chi connectivity index (χ0v) is 10.1. The number of nitrogens with zero attached hydrogens (tertiary/aromatic N) is 3. The van der Waals surface area contributed by atoms with Gasteiger partial charge < -0.3 is 5.73 Å². The highest BCUT2D eigenvalue weighted by Gasteiger charge is 2.27. The molecule has 7 nitrogen and oxygen atoms in total. The highest BCUT2D eigenvalue weighted by molar-refractivity contribution is 7.95. The molecule has 0 fully saturated rings. The Labute approximate surface area is 98.5 Å². The van der Waals surface area contributed by atoms with Crippen LogP contribution in [0.4, 0.5) is 5.95 Å². The summed E-state index contributed by atoms with van der Waals surface area (Å²) in [6.07, 6.45) is 2.94. The highest BCUT2D eigenvalue weighted by atomic mass is 32.2. The van der Waals surface area contributed by atoms with Crippen LogP contribution < -0.4 is 10.5 Å². The number of nitrogens with one attached hydrogen (secondary N) is 1. The van der Waals surface area contributed by atoms with Crippen LogP contribution in [0.5, 0.6) is 0 Å². The minimum atomic E-state index is -3.71. The average Bonchev–Trinajstić information content (AvgIpc) is 2.18. The van der Waals surface area contributed by atoms with Crippen LogP contribution in [0.15, 0.2) is 12.4 Å². The second-order valence-electron chi connectivity index (χ2n) is 2.91. The van der Waals surface area contributed by atoms with Gasteiger partial charge in [0.15, 0.2) is 0 Å². The summed E-state index contributed by atoms with van der Waals surface area (Å²) in [6.45, 7) is 1.67. The van der Waals surface area contributed by atoms with Crippen molar-refractivity contribution >= 4 is 33.2 Å². The third-order valence-electron chi connectivity index (χ3n) is 1.78. The van der Waals surface area contributed by atoms with Crippen molar-refractivity contribution in [1.82, 2.24) is 15.2 Å². The monoisotopic (exact) mass is 261 g/mol. The zero-order chi connectivity index (χ0) is 12.2. The molecule has 0 spiro atoms. The van der Waals surface area contributed by atoms with Gasteiger partial charge in [0.2, 0.25) is 10.0 Å². The van der Waals surface area contributed by atoms with E-state index >= 15 is 0 Å². The van der Waals surface area contributed by atoms with Gasteiger partial charge in [-0.2, -0.15) is 5.10 Å². The molecule has 9 heteroatoms. The number of sulfonamides is 1. The Hall–Kier alpha value is -1.35. The predicted octanol–water partition coefficient (Wildman–Crippen LogP) is -0.322. The molecule has 0 saturated heterocycles. The molecular weight excluding hydrogens is 250 g/mol. The first-order chi connectivity index (χ1) is 7.47. The maximum Gasteiger partial charge on any atom is 0.256 e. The third kappa shape index (κ3) is 3.07. The maximum atomic E-state index is 11.8. The second-order valence-corrected chi connectivity index (χ2v) is 5.25. The first-order valence-electron chi connectivity index (χ1n) is 4.42. The van der Waals surface area contributed by atoms with E-state index in [0.29, 0.717) is 0 Å². The first kappa shape index (κ1) is 12.7. The van der Waals surface area contributed by atoms with E-state index in [4.69, 9.17) is 5.73 Å². The fourth-order valence-corrected chi connectivity index (χ4v) is 2.85. The standard InChI is InChI=1S/C7H11N5O2S2/c1-2-5(6(8)15)16(13,14)12-7-9-3-4-10-11-7/h3-5H,2H2,1H3,(H2,8,15)(H,9,11,12). The zero-order valence-electron chi connectivity index (χ0n) is 8.49. The Balaban J connectivity index is 2.91. The lowest BCUT2D eigenvalue weighted by Crippen LogP contribution is -2.38. The van der Waals surface area contributed by atoms with Crippen molar-refractivity contribution in [3.63, 3.8) is 0 Å². The molecule has 0 radical (unpaired) electrons. The van der Waals surface area contributed by atoms with Crippen LogP contribution in [0.25, 0.3) is 0 Å². The molecule has 16 heavy (non-hydrogen) atoms. The lowest BCUT2D eigenvalue weighted by Gasteiger charge is -2.14. The van der Waals surface area contributed by atoms with Crippen molar-refractivity contribution in [1.29, 1.82) is 0 Å². The predicted molar refractivity (Wildman–Crippen MR) is 63.2 cm³/mol. The Bertz CT molecular complexity index is 461. The molecule has 1 aromatic heterocycles. The molecular formula is C7H11N5O2S2. The van der Waals surface area contributed by atoms with Gasteiger partial charge in [-0.3, -0.25) is 0 Å². The van der Waals surface area contributed by atoms with Crippen molar-refractivity contribution in [2.24, 2.45) is 5.73 Å². The maximum absolute atomic E-state index is 11.8. The van der Waals surface area contributed by atoms with E-state index in [-0.39, 0.29) is 17.4 Å². The van der Waals surface area contributed by atoms with E-state index in [2.05, 4.69) is 32.1 Å². The molecule has 0 bridgehead atoms. The van der Waals surface area contributed by atoms with Gasteiger partial charge in [0, 0.05) is 0 Å². The molecule has 1 aromatic rings. The molecule has 1 atom stereocenters. The summed E-state index contributed by atoms with van der Waals surface area (Å²) in [5.41, 5.74) is 5.34. The van der Waals surface area contributed by atoms with Crippen LogP contribution in [0.3, 0.4) is 0 Å². The van der Waals surface area contributed by atoms with Crippen molar-refractivity contribution in [3.05, 3.63) is 12.4 Å². The average molecular weight is 261 g/mol. The number of hydrogen-bond acceptors (Lipinski definition) is 6. The van der Waals surface area contributed by atoms with Crippen molar-refractivity contribution in [3.8, 4) is 0 Å². The molecule has 3 N–H and O–H groups in total. The minimum Gasteiger partial charge on any atom is -0.392 e. The Morgan fingerprint density at radius 2 is 2.31 bits per heavy atom. The fourth-order valence-electron chi connectivity index (χ4n) is 1.07. The summed E-state index contributed by atoms with van der Waals surface area (Å²) in [5.74, 6) is -0.0998. The van der Waals surface area contributed by atoms with Gasteiger partial charge in [0.25, 0.3) is 5.95 Å². The number of nitrogens with two attached hydrogens (primary N) is 1. The molecule has 0 aliphatic heterocycles. The summed E-state index contributed by atoms with van der Waals surface area (Å²) in [6, 6.07) is 0. The normalized spacial score (nSPS) is 13.1. The lowest BCUT2D eigenvalue weighted by atomic mass is 10.3. The molecule has 1 unspecified atom stereocenters. The smallest absolute Gasteiger partial charge is 0.256 e. The third-order valence-corrected chi connectivity index (χ3v) is 4.02. The highest BCUT2D eigenvalue weighted by Crippen LogP contribution is 2.09. The van der Waals surface area contributed by atoms with Crippen LogP contribution in [-0.4, -0.2) is 33.8 Å². The first-order valence-corrected chi connectivity index (χ1v) is 6.37. The summed E-state index contributed by atoms with van der Waals surface area (Å²) in [7, 11) is -3.71. The van der Waals surface area contributed by atoms with Crippen LogP contribution in [-0.2, 0) is 10.0 Å². The van der Waals surface area contributed by atoms with Crippen molar-refractivity contribution in [2.75, 3.05) is 4.72 Å². The molecule has 1 heterocycles. The molecule has 0 aromatic carbocycles. The molecule has 88 valence electrons. The Morgan fingerprint density at radius 3 is 2.75 bits per heavy atom. The minimum absolute atomic E-state index is 0.0844. The molecule has 0 saturated carbocycles. The molecule has 0 aliphatic carbocycles. The van der Waals surface area contributed by atoms with Gasteiger partial charge in [-0.25, -0.2) is 18.1 Å². The molecule has 0 aliphatic rings. The van der Waals surface area contributed by atoms with Gasteiger partial charge in [0.1, 0.15) is 5.25 Å². The van der Waals surface area contributed by atoms with E-state index < -0.39 is 15.3 Å². The van der Waals surface area contributed by atoms with Crippen LogP contribution in [0.2, 0.25) is 0 Å². The quantitative estimate of drug-likeness (QED) is 0.698. The molecule has 1 rings (SSSR count). The van der Waals surface area contributed by atoms with Gasteiger partial charge in [0.05, 0.1) is 17.4 Å². The van der Waals surface area contributed by atoms with Crippen LogP contribution in [0.1, 0.15) is 13.3 Å².